The number of hydrogen-bond donors (Lipinski definition) is 2. The van der Waals surface area contributed by atoms with Crippen LogP contribution in [0.4, 0.5) is 11.4 Å². The van der Waals surface area contributed by atoms with Crippen LogP contribution in [0, 0.1) is 17.0 Å². The Bertz CT molecular complexity index is 583. The Morgan fingerprint density at radius 3 is 2.83 bits per heavy atom. The molecule has 0 bridgehead atoms. The van der Waals surface area contributed by atoms with E-state index in [2.05, 4.69) is 20.5 Å². The number of nitro benzene ring substituents is 1. The first-order chi connectivity index (χ1) is 8.61. The second-order valence-electron chi connectivity index (χ2n) is 3.46. The van der Waals surface area contributed by atoms with E-state index in [9.17, 15) is 10.1 Å². The average molecular weight is 265 g/mol. The zero-order valence-electron chi connectivity index (χ0n) is 9.80. The first kappa shape index (κ1) is 12.4. The summed E-state index contributed by atoms with van der Waals surface area (Å²) in [5.41, 5.74) is 0.504. The topological polar surface area (TPSA) is 96.7 Å². The van der Waals surface area contributed by atoms with Gasteiger partial charge in [-0.25, -0.2) is 4.98 Å². The van der Waals surface area contributed by atoms with Gasteiger partial charge in [0.2, 0.25) is 5.16 Å². The van der Waals surface area contributed by atoms with Gasteiger partial charge >= 0.3 is 5.69 Å². The molecular formula is C10H11N5O2S. The van der Waals surface area contributed by atoms with Crippen molar-refractivity contribution >= 4 is 23.1 Å². The van der Waals surface area contributed by atoms with E-state index in [1.807, 2.05) is 0 Å². The highest BCUT2D eigenvalue weighted by molar-refractivity contribution is 7.99. The summed E-state index contributed by atoms with van der Waals surface area (Å²) in [6.45, 7) is 1.77. The number of rotatable bonds is 4. The van der Waals surface area contributed by atoms with Crippen LogP contribution in [0.1, 0.15) is 5.82 Å². The van der Waals surface area contributed by atoms with Crippen LogP contribution in [0.5, 0.6) is 0 Å². The number of anilines is 1. The Labute approximate surface area is 107 Å². The molecule has 0 radical (unpaired) electrons. The molecule has 2 N–H and O–H groups in total. The molecule has 0 fully saturated rings. The standard InChI is InChI=1S/C10H11N5O2S/c1-6-12-10(14-13-6)18-8-5-3-4-7(11-2)9(8)15(16)17/h3-5,11H,1-2H3,(H,12,13,14). The maximum absolute atomic E-state index is 11.1. The molecule has 0 unspecified atom stereocenters. The van der Waals surface area contributed by atoms with Gasteiger partial charge in [-0.05, 0) is 30.8 Å². The quantitative estimate of drug-likeness (QED) is 0.650. The molecule has 1 aromatic heterocycles. The summed E-state index contributed by atoms with van der Waals surface area (Å²) in [6.07, 6.45) is 0. The Morgan fingerprint density at radius 1 is 1.50 bits per heavy atom. The lowest BCUT2D eigenvalue weighted by molar-refractivity contribution is -0.386. The number of hydrogen-bond acceptors (Lipinski definition) is 6. The SMILES string of the molecule is CNc1cccc(Sc2n[nH]c(C)n2)c1[N+](=O)[O-]. The first-order valence-electron chi connectivity index (χ1n) is 5.14. The van der Waals surface area contributed by atoms with E-state index in [1.165, 1.54) is 0 Å². The molecule has 7 nitrogen and oxygen atoms in total. The van der Waals surface area contributed by atoms with Gasteiger partial charge in [-0.1, -0.05) is 6.07 Å². The number of H-pyrrole nitrogens is 1. The largest absolute Gasteiger partial charge is 0.383 e. The van der Waals surface area contributed by atoms with Crippen molar-refractivity contribution in [3.63, 3.8) is 0 Å². The van der Waals surface area contributed by atoms with Gasteiger partial charge in [0.25, 0.3) is 0 Å². The molecule has 0 atom stereocenters. The lowest BCUT2D eigenvalue weighted by Gasteiger charge is -2.05. The van der Waals surface area contributed by atoms with Crippen LogP contribution in [0.25, 0.3) is 0 Å². The third-order valence-electron chi connectivity index (χ3n) is 2.23. The molecule has 0 aliphatic carbocycles. The van der Waals surface area contributed by atoms with E-state index in [-0.39, 0.29) is 5.69 Å². The highest BCUT2D eigenvalue weighted by Gasteiger charge is 2.20. The van der Waals surface area contributed by atoms with Crippen molar-refractivity contribution < 1.29 is 4.92 Å². The maximum atomic E-state index is 11.1. The molecule has 0 spiro atoms. The minimum Gasteiger partial charge on any atom is -0.383 e. The molecule has 0 saturated heterocycles. The Morgan fingerprint density at radius 2 is 2.28 bits per heavy atom. The molecule has 1 heterocycles. The fourth-order valence-electron chi connectivity index (χ4n) is 1.46. The monoisotopic (exact) mass is 265 g/mol. The molecule has 94 valence electrons. The fraction of sp³-hybridized carbons (Fsp3) is 0.200. The van der Waals surface area contributed by atoms with Crippen LogP contribution in [0.15, 0.2) is 28.3 Å². The van der Waals surface area contributed by atoms with Gasteiger partial charge in [-0.3, -0.25) is 15.2 Å². The van der Waals surface area contributed by atoms with Crippen molar-refractivity contribution in [3.8, 4) is 0 Å². The number of aromatic nitrogens is 3. The second-order valence-corrected chi connectivity index (χ2v) is 4.47. The third kappa shape index (κ3) is 2.43. The van der Waals surface area contributed by atoms with Crippen LogP contribution >= 0.6 is 11.8 Å². The number of benzene rings is 1. The van der Waals surface area contributed by atoms with Crippen molar-refractivity contribution in [2.45, 2.75) is 17.0 Å². The Hall–Kier alpha value is -2.09. The summed E-state index contributed by atoms with van der Waals surface area (Å²) in [5, 5.41) is 21.0. The summed E-state index contributed by atoms with van der Waals surface area (Å²) in [7, 11) is 1.65. The van der Waals surface area contributed by atoms with Crippen LogP contribution in [-0.2, 0) is 0 Å². The van der Waals surface area contributed by atoms with E-state index >= 15 is 0 Å². The van der Waals surface area contributed by atoms with Gasteiger partial charge in [-0.2, -0.15) is 0 Å². The summed E-state index contributed by atoms with van der Waals surface area (Å²) in [4.78, 5) is 15.3. The maximum Gasteiger partial charge on any atom is 0.306 e. The van der Waals surface area contributed by atoms with E-state index in [0.29, 0.717) is 21.6 Å². The lowest BCUT2D eigenvalue weighted by atomic mass is 10.3. The zero-order chi connectivity index (χ0) is 13.1. The van der Waals surface area contributed by atoms with Gasteiger partial charge < -0.3 is 5.32 Å². The lowest BCUT2D eigenvalue weighted by Crippen LogP contribution is -1.98. The molecule has 18 heavy (non-hydrogen) atoms. The normalized spacial score (nSPS) is 10.3. The van der Waals surface area contributed by atoms with E-state index in [1.54, 1.807) is 32.2 Å². The van der Waals surface area contributed by atoms with Crippen molar-refractivity contribution in [1.82, 2.24) is 15.2 Å². The van der Waals surface area contributed by atoms with Crippen LogP contribution < -0.4 is 5.32 Å². The van der Waals surface area contributed by atoms with Crippen LogP contribution in [0.2, 0.25) is 0 Å². The summed E-state index contributed by atoms with van der Waals surface area (Å²) < 4.78 is 0. The highest BCUT2D eigenvalue weighted by Crippen LogP contribution is 2.37. The summed E-state index contributed by atoms with van der Waals surface area (Å²) in [6, 6.07) is 5.08. The van der Waals surface area contributed by atoms with E-state index in [4.69, 9.17) is 0 Å². The van der Waals surface area contributed by atoms with Gasteiger partial charge in [0, 0.05) is 7.05 Å². The molecule has 2 aromatic rings. The number of para-hydroxylation sites is 1. The molecule has 0 aliphatic heterocycles. The minimum absolute atomic E-state index is 0.0347. The van der Waals surface area contributed by atoms with E-state index < -0.39 is 4.92 Å². The van der Waals surface area contributed by atoms with Gasteiger partial charge in [-0.15, -0.1) is 5.10 Å². The molecule has 0 aliphatic rings. The number of aromatic amines is 1. The number of nitrogens with zero attached hydrogens (tertiary/aromatic N) is 3. The van der Waals surface area contributed by atoms with Gasteiger partial charge in [0.1, 0.15) is 11.5 Å². The molecule has 2 rings (SSSR count). The minimum atomic E-state index is -0.409. The van der Waals surface area contributed by atoms with Crippen LogP contribution in [-0.4, -0.2) is 27.2 Å². The van der Waals surface area contributed by atoms with Crippen molar-refractivity contribution in [2.75, 3.05) is 12.4 Å². The predicted molar refractivity (Wildman–Crippen MR) is 67.9 cm³/mol. The predicted octanol–water partition coefficient (Wildman–Crippen LogP) is 2.21. The summed E-state index contributed by atoms with van der Waals surface area (Å²) in [5.74, 6) is 0.671. The second kappa shape index (κ2) is 5.05. The fourth-order valence-corrected chi connectivity index (χ4v) is 2.36. The molecule has 0 saturated carbocycles. The number of nitro groups is 1. The molecule has 1 aromatic carbocycles. The Kier molecular flexibility index (Phi) is 3.47. The highest BCUT2D eigenvalue weighted by atomic mass is 32.2. The third-order valence-corrected chi connectivity index (χ3v) is 3.14. The molecular weight excluding hydrogens is 254 g/mol. The first-order valence-corrected chi connectivity index (χ1v) is 5.95. The zero-order valence-corrected chi connectivity index (χ0v) is 10.6. The van der Waals surface area contributed by atoms with E-state index in [0.717, 1.165) is 11.8 Å². The van der Waals surface area contributed by atoms with Crippen molar-refractivity contribution in [2.24, 2.45) is 0 Å². The van der Waals surface area contributed by atoms with Gasteiger partial charge in [0.15, 0.2) is 0 Å². The smallest absolute Gasteiger partial charge is 0.306 e. The van der Waals surface area contributed by atoms with Crippen molar-refractivity contribution in [1.29, 1.82) is 0 Å². The Balaban J connectivity index is 2.41. The molecule has 8 heteroatoms. The van der Waals surface area contributed by atoms with Crippen molar-refractivity contribution in [3.05, 3.63) is 34.1 Å². The average Bonchev–Trinajstić information content (AvgIpc) is 2.74. The summed E-state index contributed by atoms with van der Waals surface area (Å²) >= 11 is 1.16. The van der Waals surface area contributed by atoms with Crippen LogP contribution in [0.3, 0.4) is 0 Å². The number of aryl methyl sites for hydroxylation is 1. The number of nitrogens with one attached hydrogen (secondary N) is 2. The van der Waals surface area contributed by atoms with Gasteiger partial charge in [0.05, 0.1) is 9.82 Å². The molecule has 0 amide bonds.